The van der Waals surface area contributed by atoms with E-state index in [1.54, 1.807) is 0 Å². The zero-order valence-electron chi connectivity index (χ0n) is 22.2. The molecular weight excluding hydrogens is 452 g/mol. The Kier molecular flexibility index (Phi) is 10.6. The lowest BCUT2D eigenvalue weighted by Crippen LogP contribution is -2.58. The van der Waals surface area contributed by atoms with E-state index < -0.39 is 0 Å². The Morgan fingerprint density at radius 3 is 2.42 bits per heavy atom. The van der Waals surface area contributed by atoms with Crippen molar-refractivity contribution in [2.75, 3.05) is 52.4 Å². The van der Waals surface area contributed by atoms with Crippen LogP contribution in [0.1, 0.15) is 63.9 Å². The number of piperazine rings is 1. The number of carbonyl (C=O) groups excluding carboxylic acids is 2. The average Bonchev–Trinajstić information content (AvgIpc) is 3.43. The molecule has 2 heterocycles. The molecule has 1 saturated carbocycles. The van der Waals surface area contributed by atoms with Crippen LogP contribution in [0.4, 0.5) is 0 Å². The minimum Gasteiger partial charge on any atom is -0.367 e. The Balaban J connectivity index is 1.21. The van der Waals surface area contributed by atoms with Gasteiger partial charge in [-0.05, 0) is 57.1 Å². The summed E-state index contributed by atoms with van der Waals surface area (Å²) in [7, 11) is 0. The quantitative estimate of drug-likeness (QED) is 0.475. The largest absolute Gasteiger partial charge is 0.367 e. The summed E-state index contributed by atoms with van der Waals surface area (Å²) in [5.74, 6) is 0.669. The van der Waals surface area contributed by atoms with Crippen LogP contribution in [0.15, 0.2) is 30.3 Å². The second-order valence-corrected chi connectivity index (χ2v) is 10.9. The molecule has 3 aliphatic rings. The average molecular weight is 499 g/mol. The summed E-state index contributed by atoms with van der Waals surface area (Å²) < 4.78 is 5.66. The molecule has 1 aromatic rings. The maximum absolute atomic E-state index is 13.4. The van der Waals surface area contributed by atoms with Gasteiger partial charge in [-0.1, -0.05) is 49.6 Å². The third-order valence-corrected chi connectivity index (χ3v) is 8.37. The predicted molar refractivity (Wildman–Crippen MR) is 143 cm³/mol. The van der Waals surface area contributed by atoms with E-state index in [1.807, 2.05) is 35.2 Å². The monoisotopic (exact) mass is 498 g/mol. The van der Waals surface area contributed by atoms with Gasteiger partial charge in [0.2, 0.25) is 11.8 Å². The lowest BCUT2D eigenvalue weighted by atomic mass is 9.95. The van der Waals surface area contributed by atoms with Crippen LogP contribution < -0.4 is 5.32 Å². The van der Waals surface area contributed by atoms with E-state index in [-0.39, 0.29) is 24.5 Å². The Labute approximate surface area is 217 Å². The standard InChI is InChI=1S/C29H46N4O3/c1-24-10-7-8-16-31(24)17-9-15-30-29(35)28(26-13-5-6-14-26)33-20-18-32(19-21-33)27(34)23-36-22-25-11-3-2-4-12-25/h2-4,11-12,24,26,28H,5-10,13-23H2,1H3,(H,30,35). The van der Waals surface area contributed by atoms with E-state index in [2.05, 4.69) is 22.0 Å². The van der Waals surface area contributed by atoms with Crippen molar-refractivity contribution in [3.63, 3.8) is 0 Å². The number of hydrogen-bond donors (Lipinski definition) is 1. The first-order valence-corrected chi connectivity index (χ1v) is 14.3. The second kappa shape index (κ2) is 14.1. The molecule has 0 radical (unpaired) electrons. The highest BCUT2D eigenvalue weighted by Gasteiger charge is 2.37. The molecule has 7 heteroatoms. The van der Waals surface area contributed by atoms with E-state index in [9.17, 15) is 9.59 Å². The first-order valence-electron chi connectivity index (χ1n) is 14.3. The van der Waals surface area contributed by atoms with Crippen molar-refractivity contribution in [3.05, 3.63) is 35.9 Å². The van der Waals surface area contributed by atoms with Crippen LogP contribution >= 0.6 is 0 Å². The molecule has 0 aromatic heterocycles. The van der Waals surface area contributed by atoms with Crippen LogP contribution in [-0.4, -0.2) is 91.0 Å². The number of carbonyl (C=O) groups is 2. The molecule has 2 saturated heterocycles. The molecule has 2 unspecified atom stereocenters. The number of hydrogen-bond acceptors (Lipinski definition) is 5. The smallest absolute Gasteiger partial charge is 0.248 e. The van der Waals surface area contributed by atoms with Crippen molar-refractivity contribution in [1.82, 2.24) is 20.0 Å². The molecule has 3 fully saturated rings. The van der Waals surface area contributed by atoms with E-state index in [0.717, 1.165) is 51.0 Å². The lowest BCUT2D eigenvalue weighted by molar-refractivity contribution is -0.139. The number of rotatable bonds is 11. The fourth-order valence-electron chi connectivity index (χ4n) is 6.21. The topological polar surface area (TPSA) is 65.1 Å². The highest BCUT2D eigenvalue weighted by Crippen LogP contribution is 2.31. The Morgan fingerprint density at radius 2 is 1.69 bits per heavy atom. The number of benzene rings is 1. The highest BCUT2D eigenvalue weighted by atomic mass is 16.5. The van der Waals surface area contributed by atoms with E-state index >= 15 is 0 Å². The first kappa shape index (κ1) is 27.1. The van der Waals surface area contributed by atoms with Crippen LogP contribution in [0.2, 0.25) is 0 Å². The minimum absolute atomic E-state index is 0.0411. The summed E-state index contributed by atoms with van der Waals surface area (Å²) in [6.07, 6.45) is 9.66. The number of likely N-dealkylation sites (tertiary alicyclic amines) is 1. The summed E-state index contributed by atoms with van der Waals surface area (Å²) in [5, 5.41) is 3.28. The van der Waals surface area contributed by atoms with Gasteiger partial charge < -0.3 is 19.9 Å². The number of nitrogens with one attached hydrogen (secondary N) is 1. The Bertz CT molecular complexity index is 806. The summed E-state index contributed by atoms with van der Waals surface area (Å²) in [4.78, 5) is 32.9. The number of piperidine rings is 1. The van der Waals surface area contributed by atoms with Gasteiger partial charge in [-0.2, -0.15) is 0 Å². The molecule has 200 valence electrons. The van der Waals surface area contributed by atoms with Gasteiger partial charge in [0.1, 0.15) is 6.61 Å². The highest BCUT2D eigenvalue weighted by molar-refractivity contribution is 5.82. The third-order valence-electron chi connectivity index (χ3n) is 8.37. The van der Waals surface area contributed by atoms with Crippen LogP contribution in [0.25, 0.3) is 0 Å². The summed E-state index contributed by atoms with van der Waals surface area (Å²) in [6.45, 7) is 8.74. The molecule has 1 N–H and O–H groups in total. The van der Waals surface area contributed by atoms with Gasteiger partial charge in [0.15, 0.2) is 0 Å². The van der Waals surface area contributed by atoms with Gasteiger partial charge >= 0.3 is 0 Å². The summed E-state index contributed by atoms with van der Waals surface area (Å²) in [5.41, 5.74) is 1.07. The van der Waals surface area contributed by atoms with Gasteiger partial charge in [0, 0.05) is 45.3 Å². The van der Waals surface area contributed by atoms with Crippen molar-refractivity contribution in [1.29, 1.82) is 0 Å². The van der Waals surface area contributed by atoms with Gasteiger partial charge in [-0.25, -0.2) is 0 Å². The number of nitrogens with zero attached hydrogens (tertiary/aromatic N) is 3. The van der Waals surface area contributed by atoms with E-state index in [0.29, 0.717) is 31.7 Å². The van der Waals surface area contributed by atoms with Gasteiger partial charge in [-0.15, -0.1) is 0 Å². The number of amides is 2. The van der Waals surface area contributed by atoms with Gasteiger partial charge in [0.25, 0.3) is 0 Å². The van der Waals surface area contributed by atoms with E-state index in [1.165, 1.54) is 38.6 Å². The zero-order chi connectivity index (χ0) is 25.2. The molecule has 2 amide bonds. The SMILES string of the molecule is CC1CCCCN1CCCNC(=O)C(C1CCCC1)N1CCN(C(=O)COCc2ccccc2)CC1. The molecule has 0 spiro atoms. The van der Waals surface area contributed by atoms with Crippen LogP contribution in [0, 0.1) is 5.92 Å². The van der Waals surface area contributed by atoms with E-state index in [4.69, 9.17) is 4.74 Å². The summed E-state index contributed by atoms with van der Waals surface area (Å²) >= 11 is 0. The Hall–Kier alpha value is -1.96. The predicted octanol–water partition coefficient (Wildman–Crippen LogP) is 3.29. The molecular formula is C29H46N4O3. The molecule has 0 bridgehead atoms. The fraction of sp³-hybridized carbons (Fsp3) is 0.724. The third kappa shape index (κ3) is 7.77. The lowest BCUT2D eigenvalue weighted by Gasteiger charge is -2.40. The first-order chi connectivity index (χ1) is 17.6. The van der Waals surface area contributed by atoms with Crippen molar-refractivity contribution >= 4 is 11.8 Å². The maximum Gasteiger partial charge on any atom is 0.248 e. The Morgan fingerprint density at radius 1 is 0.972 bits per heavy atom. The van der Waals surface area contributed by atoms with Crippen LogP contribution in [-0.2, 0) is 20.9 Å². The molecule has 2 atom stereocenters. The normalized spacial score (nSPS) is 23.0. The number of ether oxygens (including phenoxy) is 1. The molecule has 1 aliphatic carbocycles. The molecule has 4 rings (SSSR count). The van der Waals surface area contributed by atoms with Crippen LogP contribution in [0.5, 0.6) is 0 Å². The summed E-state index contributed by atoms with van der Waals surface area (Å²) in [6, 6.07) is 10.6. The van der Waals surface area contributed by atoms with Crippen LogP contribution in [0.3, 0.4) is 0 Å². The molecule has 1 aromatic carbocycles. The molecule has 7 nitrogen and oxygen atoms in total. The molecule has 2 aliphatic heterocycles. The second-order valence-electron chi connectivity index (χ2n) is 10.9. The van der Waals surface area contributed by atoms with Crippen molar-refractivity contribution in [2.24, 2.45) is 5.92 Å². The maximum atomic E-state index is 13.4. The fourth-order valence-corrected chi connectivity index (χ4v) is 6.21. The van der Waals surface area contributed by atoms with Crippen molar-refractivity contribution in [2.45, 2.75) is 77.0 Å². The minimum atomic E-state index is -0.0620. The van der Waals surface area contributed by atoms with Crippen molar-refractivity contribution in [3.8, 4) is 0 Å². The zero-order valence-corrected chi connectivity index (χ0v) is 22.2. The van der Waals surface area contributed by atoms with Gasteiger partial charge in [0.05, 0.1) is 12.6 Å². The molecule has 36 heavy (non-hydrogen) atoms. The van der Waals surface area contributed by atoms with Crippen molar-refractivity contribution < 1.29 is 14.3 Å². The van der Waals surface area contributed by atoms with Gasteiger partial charge in [-0.3, -0.25) is 14.5 Å².